The maximum atomic E-state index is 5.90. The first-order valence-corrected chi connectivity index (χ1v) is 9.33. The number of thiophene rings is 1. The number of morpholine rings is 1. The van der Waals surface area contributed by atoms with Crippen LogP contribution >= 0.6 is 11.3 Å². The van der Waals surface area contributed by atoms with Gasteiger partial charge in [0.15, 0.2) is 0 Å². The van der Waals surface area contributed by atoms with Crippen molar-refractivity contribution in [1.82, 2.24) is 14.9 Å². The lowest BCUT2D eigenvalue weighted by Gasteiger charge is -2.35. The first-order valence-electron chi connectivity index (χ1n) is 8.52. The molecular formula is C19H22N4OS. The first-order chi connectivity index (χ1) is 12.2. The van der Waals surface area contributed by atoms with Gasteiger partial charge in [-0.15, -0.1) is 11.3 Å². The van der Waals surface area contributed by atoms with E-state index in [1.807, 2.05) is 6.07 Å². The smallest absolute Gasteiger partial charge is 0.140 e. The van der Waals surface area contributed by atoms with Crippen molar-refractivity contribution in [1.29, 1.82) is 0 Å². The van der Waals surface area contributed by atoms with Crippen LogP contribution in [0, 0.1) is 0 Å². The molecule has 130 valence electrons. The maximum absolute atomic E-state index is 5.90. The molecule has 1 atom stereocenters. The van der Waals surface area contributed by atoms with E-state index in [-0.39, 0.29) is 6.10 Å². The molecule has 6 heteroatoms. The number of ether oxygens (including phenoxy) is 1. The van der Waals surface area contributed by atoms with E-state index in [0.29, 0.717) is 0 Å². The molecule has 0 aliphatic carbocycles. The van der Waals surface area contributed by atoms with E-state index >= 15 is 0 Å². The van der Waals surface area contributed by atoms with Gasteiger partial charge in [0.2, 0.25) is 0 Å². The average Bonchev–Trinajstić information content (AvgIpc) is 3.06. The number of fused-ring (bicyclic) bond motifs is 1. The summed E-state index contributed by atoms with van der Waals surface area (Å²) in [5, 5.41) is 1.14. The van der Waals surface area contributed by atoms with Crippen LogP contribution in [0.4, 0.5) is 5.82 Å². The Hall–Kier alpha value is -2.02. The summed E-state index contributed by atoms with van der Waals surface area (Å²) in [7, 11) is 4.16. The van der Waals surface area contributed by atoms with Crippen molar-refractivity contribution in [2.45, 2.75) is 6.10 Å². The highest BCUT2D eigenvalue weighted by molar-refractivity contribution is 7.21. The van der Waals surface area contributed by atoms with E-state index in [4.69, 9.17) is 4.74 Å². The molecule has 0 amide bonds. The van der Waals surface area contributed by atoms with E-state index in [2.05, 4.69) is 64.2 Å². The van der Waals surface area contributed by atoms with Gasteiger partial charge < -0.3 is 14.5 Å². The van der Waals surface area contributed by atoms with Gasteiger partial charge in [-0.25, -0.2) is 9.97 Å². The van der Waals surface area contributed by atoms with Crippen LogP contribution in [0.2, 0.25) is 0 Å². The summed E-state index contributed by atoms with van der Waals surface area (Å²) in [5.74, 6) is 1.02. The number of likely N-dealkylation sites (N-methyl/N-ethyl adjacent to an activating group) is 1. The SMILES string of the molecule is CN(C)CC1CN(c2ncnc3sc(-c4ccccc4)cc23)CCO1. The van der Waals surface area contributed by atoms with Crippen LogP contribution in [0.3, 0.4) is 0 Å². The van der Waals surface area contributed by atoms with Crippen LogP contribution in [0.5, 0.6) is 0 Å². The van der Waals surface area contributed by atoms with Gasteiger partial charge >= 0.3 is 0 Å². The van der Waals surface area contributed by atoms with Crippen molar-refractivity contribution >= 4 is 27.4 Å². The Morgan fingerprint density at radius 1 is 1.24 bits per heavy atom. The molecule has 3 heterocycles. The highest BCUT2D eigenvalue weighted by Crippen LogP contribution is 2.36. The lowest BCUT2D eigenvalue weighted by molar-refractivity contribution is 0.0246. The lowest BCUT2D eigenvalue weighted by atomic mass is 10.2. The fourth-order valence-electron chi connectivity index (χ4n) is 3.27. The molecule has 0 N–H and O–H groups in total. The number of aromatic nitrogens is 2. The zero-order chi connectivity index (χ0) is 17.2. The van der Waals surface area contributed by atoms with Gasteiger partial charge in [-0.05, 0) is 25.7 Å². The largest absolute Gasteiger partial charge is 0.373 e. The van der Waals surface area contributed by atoms with Crippen LogP contribution in [0.15, 0.2) is 42.7 Å². The van der Waals surface area contributed by atoms with Crippen molar-refractivity contribution in [2.75, 3.05) is 45.2 Å². The minimum atomic E-state index is 0.209. The molecule has 25 heavy (non-hydrogen) atoms. The number of hydrogen-bond acceptors (Lipinski definition) is 6. The van der Waals surface area contributed by atoms with Crippen LogP contribution in [0.25, 0.3) is 20.7 Å². The topological polar surface area (TPSA) is 41.5 Å². The van der Waals surface area contributed by atoms with Gasteiger partial charge in [0, 0.05) is 24.5 Å². The lowest BCUT2D eigenvalue weighted by Crippen LogP contribution is -2.46. The van der Waals surface area contributed by atoms with Gasteiger partial charge in [-0.1, -0.05) is 30.3 Å². The summed E-state index contributed by atoms with van der Waals surface area (Å²) in [5.41, 5.74) is 1.23. The molecule has 1 aliphatic rings. The molecule has 4 rings (SSSR count). The van der Waals surface area contributed by atoms with Crippen LogP contribution in [-0.4, -0.2) is 61.3 Å². The second-order valence-electron chi connectivity index (χ2n) is 6.59. The Kier molecular flexibility index (Phi) is 4.65. The Morgan fingerprint density at radius 3 is 2.88 bits per heavy atom. The maximum Gasteiger partial charge on any atom is 0.140 e. The van der Waals surface area contributed by atoms with Crippen molar-refractivity contribution in [3.05, 3.63) is 42.7 Å². The highest BCUT2D eigenvalue weighted by Gasteiger charge is 2.24. The zero-order valence-electron chi connectivity index (χ0n) is 14.6. The van der Waals surface area contributed by atoms with Crippen molar-refractivity contribution in [3.8, 4) is 10.4 Å². The number of benzene rings is 1. The van der Waals surface area contributed by atoms with E-state index in [0.717, 1.165) is 42.3 Å². The molecule has 0 spiro atoms. The molecular weight excluding hydrogens is 332 g/mol. The normalized spacial score (nSPS) is 18.2. The molecule has 2 aromatic heterocycles. The molecule has 1 fully saturated rings. The fraction of sp³-hybridized carbons (Fsp3) is 0.368. The predicted octanol–water partition coefficient (Wildman–Crippen LogP) is 3.13. The molecule has 1 saturated heterocycles. The van der Waals surface area contributed by atoms with Gasteiger partial charge in [0.05, 0.1) is 18.1 Å². The zero-order valence-corrected chi connectivity index (χ0v) is 15.4. The molecule has 0 saturated carbocycles. The van der Waals surface area contributed by atoms with Crippen molar-refractivity contribution in [3.63, 3.8) is 0 Å². The predicted molar refractivity (Wildman–Crippen MR) is 103 cm³/mol. The van der Waals surface area contributed by atoms with Gasteiger partial charge in [0.25, 0.3) is 0 Å². The summed E-state index contributed by atoms with van der Waals surface area (Å²) < 4.78 is 5.90. The summed E-state index contributed by atoms with van der Waals surface area (Å²) in [6, 6.07) is 12.7. The van der Waals surface area contributed by atoms with Crippen molar-refractivity contribution < 1.29 is 4.74 Å². The Morgan fingerprint density at radius 2 is 2.08 bits per heavy atom. The van der Waals surface area contributed by atoms with E-state index in [1.54, 1.807) is 17.7 Å². The third-order valence-corrected chi connectivity index (χ3v) is 5.47. The molecule has 0 radical (unpaired) electrons. The molecule has 1 aliphatic heterocycles. The van der Waals surface area contributed by atoms with Crippen molar-refractivity contribution in [2.24, 2.45) is 0 Å². The fourth-order valence-corrected chi connectivity index (χ4v) is 4.27. The minimum absolute atomic E-state index is 0.209. The summed E-state index contributed by atoms with van der Waals surface area (Å²) >= 11 is 1.72. The molecule has 5 nitrogen and oxygen atoms in total. The Balaban J connectivity index is 1.67. The number of nitrogens with zero attached hydrogens (tertiary/aromatic N) is 4. The molecule has 1 unspecified atom stereocenters. The summed E-state index contributed by atoms with van der Waals surface area (Å²) in [4.78, 5) is 15.9. The van der Waals surface area contributed by atoms with Crippen LogP contribution in [0.1, 0.15) is 0 Å². The number of hydrogen-bond donors (Lipinski definition) is 0. The number of anilines is 1. The first kappa shape index (κ1) is 16.4. The molecule has 3 aromatic rings. The molecule has 1 aromatic carbocycles. The van der Waals surface area contributed by atoms with E-state index in [1.165, 1.54) is 10.4 Å². The minimum Gasteiger partial charge on any atom is -0.373 e. The standard InChI is InChI=1S/C19H22N4OS/c1-22(2)11-15-12-23(8-9-24-15)18-16-10-17(14-6-4-3-5-7-14)25-19(16)21-13-20-18/h3-7,10,13,15H,8-9,11-12H2,1-2H3. The third kappa shape index (κ3) is 3.51. The summed E-state index contributed by atoms with van der Waals surface area (Å²) in [6.45, 7) is 3.39. The number of rotatable bonds is 4. The van der Waals surface area contributed by atoms with E-state index < -0.39 is 0 Å². The second kappa shape index (κ2) is 7.07. The quantitative estimate of drug-likeness (QED) is 0.720. The Bertz CT molecular complexity index is 849. The third-order valence-electron chi connectivity index (χ3n) is 4.37. The van der Waals surface area contributed by atoms with Gasteiger partial charge in [0.1, 0.15) is 17.0 Å². The highest BCUT2D eigenvalue weighted by atomic mass is 32.1. The van der Waals surface area contributed by atoms with Crippen LogP contribution in [-0.2, 0) is 4.74 Å². The van der Waals surface area contributed by atoms with Gasteiger partial charge in [-0.2, -0.15) is 0 Å². The second-order valence-corrected chi connectivity index (χ2v) is 7.62. The molecule has 0 bridgehead atoms. The Labute approximate surface area is 151 Å². The average molecular weight is 354 g/mol. The van der Waals surface area contributed by atoms with Crippen LogP contribution < -0.4 is 4.90 Å². The summed E-state index contributed by atoms with van der Waals surface area (Å²) in [6.07, 6.45) is 1.89. The van der Waals surface area contributed by atoms with Gasteiger partial charge in [-0.3, -0.25) is 0 Å². The van der Waals surface area contributed by atoms with E-state index in [9.17, 15) is 0 Å². The monoisotopic (exact) mass is 354 g/mol.